The Bertz CT molecular complexity index is 619. The van der Waals surface area contributed by atoms with Gasteiger partial charge in [-0.25, -0.2) is 4.39 Å². The molecule has 0 atom stereocenters. The van der Waals surface area contributed by atoms with Gasteiger partial charge in [0.05, 0.1) is 6.61 Å². The summed E-state index contributed by atoms with van der Waals surface area (Å²) in [4.78, 5) is 12.9. The molecule has 0 saturated heterocycles. The highest BCUT2D eigenvalue weighted by atomic mass is 19.1. The molecule has 0 saturated carbocycles. The Morgan fingerprint density at radius 2 is 2.00 bits per heavy atom. The van der Waals surface area contributed by atoms with Crippen LogP contribution < -0.4 is 10.1 Å². The van der Waals surface area contributed by atoms with Crippen molar-refractivity contribution >= 4 is 5.95 Å². The molecule has 1 N–H and O–H groups in total. The largest absolute Gasteiger partial charge is 0.463 e. The average molecular weight is 290 g/mol. The Morgan fingerprint density at radius 1 is 1.19 bits per heavy atom. The number of benzene rings is 1. The van der Waals surface area contributed by atoms with Crippen LogP contribution in [0.15, 0.2) is 18.2 Å². The monoisotopic (exact) mass is 290 g/mol. The first-order valence-corrected chi connectivity index (χ1v) is 7.03. The number of aryl methyl sites for hydroxylation is 1. The van der Waals surface area contributed by atoms with E-state index in [4.69, 9.17) is 4.74 Å². The molecule has 0 unspecified atom stereocenters. The number of rotatable bonds is 6. The van der Waals surface area contributed by atoms with E-state index >= 15 is 0 Å². The minimum absolute atomic E-state index is 0.278. The summed E-state index contributed by atoms with van der Waals surface area (Å²) in [6.45, 7) is 7.02. The molecule has 21 heavy (non-hydrogen) atoms. The normalized spacial score (nSPS) is 10.5. The number of nitrogens with one attached hydrogen (secondary N) is 1. The van der Waals surface area contributed by atoms with Crippen molar-refractivity contribution in [2.75, 3.05) is 18.5 Å². The molecular formula is C15H19FN4O. The summed E-state index contributed by atoms with van der Waals surface area (Å²) < 4.78 is 18.7. The van der Waals surface area contributed by atoms with Crippen LogP contribution >= 0.6 is 0 Å². The number of anilines is 1. The molecular weight excluding hydrogens is 271 g/mol. The zero-order chi connectivity index (χ0) is 15.2. The predicted octanol–water partition coefficient (Wildman–Crippen LogP) is 3.21. The van der Waals surface area contributed by atoms with Crippen molar-refractivity contribution in [3.8, 4) is 17.4 Å². The summed E-state index contributed by atoms with van der Waals surface area (Å²) >= 11 is 0. The lowest BCUT2D eigenvalue weighted by atomic mass is 10.1. The van der Waals surface area contributed by atoms with E-state index in [1.807, 2.05) is 20.8 Å². The average Bonchev–Trinajstić information content (AvgIpc) is 2.45. The van der Waals surface area contributed by atoms with Gasteiger partial charge in [-0.05, 0) is 44.0 Å². The van der Waals surface area contributed by atoms with E-state index in [9.17, 15) is 4.39 Å². The van der Waals surface area contributed by atoms with E-state index in [0.29, 0.717) is 24.9 Å². The van der Waals surface area contributed by atoms with Crippen molar-refractivity contribution in [3.05, 3.63) is 29.6 Å². The summed E-state index contributed by atoms with van der Waals surface area (Å²) in [5.74, 6) is 0.654. The molecule has 0 bridgehead atoms. The summed E-state index contributed by atoms with van der Waals surface area (Å²) in [5, 5.41) is 3.05. The van der Waals surface area contributed by atoms with Gasteiger partial charge in [0.15, 0.2) is 5.82 Å². The second-order valence-corrected chi connectivity index (χ2v) is 4.60. The van der Waals surface area contributed by atoms with Gasteiger partial charge >= 0.3 is 6.01 Å². The van der Waals surface area contributed by atoms with Gasteiger partial charge in [-0.3, -0.25) is 0 Å². The van der Waals surface area contributed by atoms with Gasteiger partial charge in [0.1, 0.15) is 5.82 Å². The highest BCUT2D eigenvalue weighted by Gasteiger charge is 2.11. The molecule has 1 heterocycles. The Hall–Kier alpha value is -2.24. The summed E-state index contributed by atoms with van der Waals surface area (Å²) in [7, 11) is 0. The molecule has 0 aliphatic rings. The Labute approximate surface area is 123 Å². The lowest BCUT2D eigenvalue weighted by molar-refractivity contribution is 0.292. The quantitative estimate of drug-likeness (QED) is 0.885. The third kappa shape index (κ3) is 3.87. The summed E-state index contributed by atoms with van der Waals surface area (Å²) in [5.41, 5.74) is 1.53. The minimum Gasteiger partial charge on any atom is -0.463 e. The molecule has 0 amide bonds. The molecule has 0 fully saturated rings. The third-order valence-corrected chi connectivity index (χ3v) is 2.81. The number of ether oxygens (including phenoxy) is 1. The molecule has 1 aromatic heterocycles. The lowest BCUT2D eigenvalue weighted by Gasteiger charge is -2.10. The van der Waals surface area contributed by atoms with Crippen LogP contribution in [0.5, 0.6) is 6.01 Å². The van der Waals surface area contributed by atoms with Crippen LogP contribution in [0, 0.1) is 12.7 Å². The van der Waals surface area contributed by atoms with Gasteiger partial charge < -0.3 is 10.1 Å². The fraction of sp³-hybridized carbons (Fsp3) is 0.400. The summed E-state index contributed by atoms with van der Waals surface area (Å²) in [6.07, 6.45) is 0.868. The third-order valence-electron chi connectivity index (χ3n) is 2.81. The second-order valence-electron chi connectivity index (χ2n) is 4.60. The van der Waals surface area contributed by atoms with Gasteiger partial charge in [-0.15, -0.1) is 0 Å². The van der Waals surface area contributed by atoms with Crippen molar-refractivity contribution in [2.24, 2.45) is 0 Å². The molecule has 0 spiro atoms. The molecule has 1 aromatic carbocycles. The smallest absolute Gasteiger partial charge is 0.321 e. The van der Waals surface area contributed by atoms with Gasteiger partial charge in [-0.1, -0.05) is 6.92 Å². The minimum atomic E-state index is -0.278. The molecule has 0 radical (unpaired) electrons. The zero-order valence-electron chi connectivity index (χ0n) is 12.5. The van der Waals surface area contributed by atoms with E-state index in [0.717, 1.165) is 17.5 Å². The van der Waals surface area contributed by atoms with Crippen molar-refractivity contribution in [1.29, 1.82) is 0 Å². The maximum absolute atomic E-state index is 13.2. The number of aromatic nitrogens is 3. The van der Waals surface area contributed by atoms with Crippen LogP contribution in [0.3, 0.4) is 0 Å². The first-order chi connectivity index (χ1) is 10.1. The highest BCUT2D eigenvalue weighted by molar-refractivity contribution is 5.61. The molecule has 112 valence electrons. The van der Waals surface area contributed by atoms with Crippen molar-refractivity contribution in [1.82, 2.24) is 15.0 Å². The van der Waals surface area contributed by atoms with Gasteiger partial charge in [0.25, 0.3) is 0 Å². The van der Waals surface area contributed by atoms with E-state index in [1.165, 1.54) is 12.1 Å². The van der Waals surface area contributed by atoms with Crippen LogP contribution in [-0.2, 0) is 0 Å². The van der Waals surface area contributed by atoms with Gasteiger partial charge in [-0.2, -0.15) is 15.0 Å². The van der Waals surface area contributed by atoms with Crippen LogP contribution in [0.25, 0.3) is 11.4 Å². The topological polar surface area (TPSA) is 59.9 Å². The summed E-state index contributed by atoms with van der Waals surface area (Å²) in [6, 6.07) is 4.80. The second kappa shape index (κ2) is 6.97. The molecule has 6 heteroatoms. The van der Waals surface area contributed by atoms with E-state index < -0.39 is 0 Å². The van der Waals surface area contributed by atoms with Crippen LogP contribution in [0.2, 0.25) is 0 Å². The van der Waals surface area contributed by atoms with Crippen LogP contribution in [-0.4, -0.2) is 28.1 Å². The molecule has 2 rings (SSSR count). The molecule has 0 aliphatic carbocycles. The van der Waals surface area contributed by atoms with E-state index in [-0.39, 0.29) is 11.8 Å². The van der Waals surface area contributed by atoms with Crippen molar-refractivity contribution in [2.45, 2.75) is 27.2 Å². The number of hydrogen-bond donors (Lipinski definition) is 1. The Kier molecular flexibility index (Phi) is 5.03. The first kappa shape index (κ1) is 15.2. The van der Waals surface area contributed by atoms with Gasteiger partial charge in [0, 0.05) is 12.1 Å². The van der Waals surface area contributed by atoms with Crippen molar-refractivity contribution in [3.63, 3.8) is 0 Å². The fourth-order valence-corrected chi connectivity index (χ4v) is 1.85. The number of halogens is 1. The highest BCUT2D eigenvalue weighted by Crippen LogP contribution is 2.23. The molecule has 5 nitrogen and oxygen atoms in total. The van der Waals surface area contributed by atoms with Crippen LogP contribution in [0.4, 0.5) is 10.3 Å². The van der Waals surface area contributed by atoms with Crippen LogP contribution in [0.1, 0.15) is 25.8 Å². The SMILES string of the molecule is CCCOc1nc(NCC)nc(-c2ccc(F)cc2C)n1. The molecule has 0 aliphatic heterocycles. The number of hydrogen-bond acceptors (Lipinski definition) is 5. The fourth-order valence-electron chi connectivity index (χ4n) is 1.85. The maximum atomic E-state index is 13.2. The first-order valence-electron chi connectivity index (χ1n) is 7.03. The van der Waals surface area contributed by atoms with E-state index in [2.05, 4.69) is 20.3 Å². The standard InChI is InChI=1S/C15H19FN4O/c1-4-8-21-15-19-13(18-14(20-15)17-5-2)12-7-6-11(16)9-10(12)3/h6-7,9H,4-5,8H2,1-3H3,(H,17,18,19,20). The predicted molar refractivity (Wildman–Crippen MR) is 79.9 cm³/mol. The zero-order valence-corrected chi connectivity index (χ0v) is 12.5. The lowest BCUT2D eigenvalue weighted by Crippen LogP contribution is -2.08. The van der Waals surface area contributed by atoms with Crippen molar-refractivity contribution < 1.29 is 9.13 Å². The van der Waals surface area contributed by atoms with Gasteiger partial charge in [0.2, 0.25) is 5.95 Å². The van der Waals surface area contributed by atoms with E-state index in [1.54, 1.807) is 6.07 Å². The molecule has 2 aromatic rings. The number of nitrogens with zero attached hydrogens (tertiary/aromatic N) is 3. The maximum Gasteiger partial charge on any atom is 0.321 e. The Balaban J connectivity index is 2.43. The Morgan fingerprint density at radius 3 is 2.67 bits per heavy atom.